The maximum absolute atomic E-state index is 11.1. The van der Waals surface area contributed by atoms with Gasteiger partial charge in [0.15, 0.2) is 0 Å². The molecule has 0 fully saturated rings. The predicted molar refractivity (Wildman–Crippen MR) is 186 cm³/mol. The van der Waals surface area contributed by atoms with Crippen molar-refractivity contribution in [3.63, 3.8) is 0 Å². The molecule has 2 radical (unpaired) electrons. The minimum Gasteiger partial charge on any atom is -0.872 e. The van der Waals surface area contributed by atoms with Crippen molar-refractivity contribution in [2.75, 3.05) is 0 Å². The summed E-state index contributed by atoms with van der Waals surface area (Å²) in [5.74, 6) is 0.344. The summed E-state index contributed by atoms with van der Waals surface area (Å²) in [6, 6.07) is 33.3. The SMILES string of the molecule is C[Si]C.Cc1cc(C)c([O-])c(C)c1.Cc1cc(C)c([O-])c(C)c1.Cc1cc2ccccc2[cH-]1.Cc1cc2ccccc2[cH-]1.[Zr+4]. The first-order valence-corrected chi connectivity index (χ1v) is 16.7. The van der Waals surface area contributed by atoms with Crippen LogP contribution >= 0.6 is 0 Å². The topological polar surface area (TPSA) is 46.1 Å². The minimum absolute atomic E-state index is 0. The molecule has 0 aliphatic heterocycles. The number of hydrogen-bond acceptors (Lipinski definition) is 2. The number of fused-ring (bicyclic) bond motifs is 2. The maximum atomic E-state index is 11.1. The van der Waals surface area contributed by atoms with Crippen molar-refractivity contribution in [3.8, 4) is 11.5 Å². The van der Waals surface area contributed by atoms with E-state index in [-0.39, 0.29) is 37.7 Å². The molecule has 0 bridgehead atoms. The molecule has 0 N–H and O–H groups in total. The Balaban J connectivity index is 0.000000282. The molecule has 0 saturated carbocycles. The molecule has 0 heterocycles. The van der Waals surface area contributed by atoms with Crippen molar-refractivity contribution in [2.24, 2.45) is 0 Å². The normalized spacial score (nSPS) is 9.68. The van der Waals surface area contributed by atoms with Crippen LogP contribution in [-0.2, 0) is 26.2 Å². The van der Waals surface area contributed by atoms with Gasteiger partial charge in [0, 0.05) is 9.52 Å². The van der Waals surface area contributed by atoms with E-state index >= 15 is 0 Å². The Labute approximate surface area is 287 Å². The molecular formula is C40H46O2SiZr. The zero-order valence-corrected chi connectivity index (χ0v) is 31.5. The van der Waals surface area contributed by atoms with Crippen LogP contribution in [0.15, 0.2) is 97.1 Å². The van der Waals surface area contributed by atoms with E-state index in [1.54, 1.807) is 0 Å². The van der Waals surface area contributed by atoms with Crippen molar-refractivity contribution in [3.05, 3.63) is 142 Å². The van der Waals surface area contributed by atoms with Crippen molar-refractivity contribution in [1.29, 1.82) is 0 Å². The van der Waals surface area contributed by atoms with Gasteiger partial charge in [-0.15, -0.1) is 92.7 Å². The largest absolute Gasteiger partial charge is 4.00 e. The van der Waals surface area contributed by atoms with Gasteiger partial charge in [-0.3, -0.25) is 0 Å². The van der Waals surface area contributed by atoms with E-state index < -0.39 is 0 Å². The average Bonchev–Trinajstić information content (AvgIpc) is 3.52. The Bertz CT molecular complexity index is 1490. The van der Waals surface area contributed by atoms with Crippen molar-refractivity contribution in [1.82, 2.24) is 0 Å². The fourth-order valence-electron chi connectivity index (χ4n) is 4.95. The summed E-state index contributed by atoms with van der Waals surface area (Å²) in [4.78, 5) is 0. The molecule has 0 aliphatic rings. The third-order valence-corrected chi connectivity index (χ3v) is 6.73. The zero-order chi connectivity index (χ0) is 32.1. The first-order chi connectivity index (χ1) is 20.4. The van der Waals surface area contributed by atoms with E-state index in [9.17, 15) is 10.2 Å². The molecule has 6 aromatic rings. The second kappa shape index (κ2) is 19.2. The van der Waals surface area contributed by atoms with Crippen LogP contribution in [0.3, 0.4) is 0 Å². The second-order valence-electron chi connectivity index (χ2n) is 11.3. The van der Waals surface area contributed by atoms with E-state index in [1.165, 1.54) is 32.7 Å². The summed E-state index contributed by atoms with van der Waals surface area (Å²) in [7, 11) is 1.08. The number of benzene rings is 4. The molecule has 2 nitrogen and oxygen atoms in total. The number of aryl methyl sites for hydroxylation is 8. The van der Waals surface area contributed by atoms with Gasteiger partial charge in [0.25, 0.3) is 0 Å². The van der Waals surface area contributed by atoms with Crippen LogP contribution in [0.1, 0.15) is 44.5 Å². The van der Waals surface area contributed by atoms with Gasteiger partial charge in [-0.2, -0.15) is 12.1 Å². The van der Waals surface area contributed by atoms with Gasteiger partial charge in [0.1, 0.15) is 0 Å². The molecule has 0 aromatic heterocycles. The van der Waals surface area contributed by atoms with E-state index in [0.29, 0.717) is 0 Å². The Kier molecular flexibility index (Phi) is 17.0. The molecule has 0 saturated heterocycles. The Hall–Kier alpha value is -3.20. The molecule has 0 atom stereocenters. The Morgan fingerprint density at radius 3 is 1.02 bits per heavy atom. The van der Waals surface area contributed by atoms with Gasteiger partial charge in [-0.25, -0.2) is 0 Å². The maximum Gasteiger partial charge on any atom is 4.00 e. The average molecular weight is 678 g/mol. The quantitative estimate of drug-likeness (QED) is 0.119. The summed E-state index contributed by atoms with van der Waals surface area (Å²) >= 11 is 0. The summed E-state index contributed by atoms with van der Waals surface area (Å²) in [6.07, 6.45) is 0. The van der Waals surface area contributed by atoms with Crippen LogP contribution in [0.2, 0.25) is 13.1 Å². The van der Waals surface area contributed by atoms with Crippen molar-refractivity contribution >= 4 is 31.1 Å². The van der Waals surface area contributed by atoms with Crippen LogP contribution in [0.4, 0.5) is 0 Å². The van der Waals surface area contributed by atoms with Crippen LogP contribution in [0.5, 0.6) is 11.5 Å². The van der Waals surface area contributed by atoms with E-state index in [1.807, 2.05) is 65.8 Å². The summed E-state index contributed by atoms with van der Waals surface area (Å²) in [5, 5.41) is 27.6. The fraction of sp³-hybridized carbons (Fsp3) is 0.250. The van der Waals surface area contributed by atoms with Gasteiger partial charge in [-0.05, 0) is 41.5 Å². The monoisotopic (exact) mass is 676 g/mol. The van der Waals surface area contributed by atoms with Gasteiger partial charge >= 0.3 is 26.2 Å². The third kappa shape index (κ3) is 12.4. The zero-order valence-electron chi connectivity index (χ0n) is 28.1. The Morgan fingerprint density at radius 2 is 0.750 bits per heavy atom. The van der Waals surface area contributed by atoms with Gasteiger partial charge in [0.2, 0.25) is 0 Å². The fourth-order valence-corrected chi connectivity index (χ4v) is 4.95. The van der Waals surface area contributed by atoms with Gasteiger partial charge in [-0.1, -0.05) is 96.7 Å². The second-order valence-corrected chi connectivity index (χ2v) is 12.3. The van der Waals surface area contributed by atoms with Crippen molar-refractivity contribution < 1.29 is 36.4 Å². The first kappa shape index (κ1) is 38.8. The van der Waals surface area contributed by atoms with Gasteiger partial charge < -0.3 is 10.2 Å². The molecule has 0 amide bonds. The number of rotatable bonds is 0. The Morgan fingerprint density at radius 1 is 0.477 bits per heavy atom. The van der Waals surface area contributed by atoms with E-state index in [0.717, 1.165) is 42.9 Å². The molecule has 44 heavy (non-hydrogen) atoms. The standard InChI is InChI=1S/2C10H9.2C9H12O.C2H6Si.Zr/c2*1-8-6-9-4-2-3-5-10(9)7-8;2*1-6-4-7(2)9(10)8(3)5-6;1-3-2;/h2*2-7H,1H3;2*4-5,10H,1-3H3;1-2H3;/q2*-1;;;;+4/p-2. The smallest absolute Gasteiger partial charge is 0.872 e. The van der Waals surface area contributed by atoms with Gasteiger partial charge in [0.05, 0.1) is 0 Å². The predicted octanol–water partition coefficient (Wildman–Crippen LogP) is 9.89. The molecule has 6 aromatic carbocycles. The third-order valence-electron chi connectivity index (χ3n) is 6.73. The summed E-state index contributed by atoms with van der Waals surface area (Å²) in [6.45, 7) is 20.0. The summed E-state index contributed by atoms with van der Waals surface area (Å²) < 4.78 is 0. The van der Waals surface area contributed by atoms with E-state index in [4.69, 9.17) is 0 Å². The molecule has 0 aliphatic carbocycles. The minimum atomic E-state index is 0. The van der Waals surface area contributed by atoms with Crippen molar-refractivity contribution in [2.45, 2.75) is 68.5 Å². The van der Waals surface area contributed by atoms with Crippen LogP contribution in [0.25, 0.3) is 21.5 Å². The molecular weight excluding hydrogens is 632 g/mol. The molecule has 4 heteroatoms. The summed E-state index contributed by atoms with van der Waals surface area (Å²) in [5.41, 5.74) is 8.40. The molecule has 6 rings (SSSR count). The first-order valence-electron chi connectivity index (χ1n) is 14.7. The molecule has 226 valence electrons. The van der Waals surface area contributed by atoms with Crippen LogP contribution in [0, 0.1) is 55.4 Å². The van der Waals surface area contributed by atoms with Crippen LogP contribution in [-0.4, -0.2) is 9.52 Å². The molecule has 0 spiro atoms. The number of hydrogen-bond donors (Lipinski definition) is 0. The molecule has 0 unspecified atom stereocenters. The van der Waals surface area contributed by atoms with E-state index in [2.05, 4.69) is 99.7 Å². The van der Waals surface area contributed by atoms with Crippen LogP contribution < -0.4 is 10.2 Å².